The molecule has 0 aliphatic rings. The summed E-state index contributed by atoms with van der Waals surface area (Å²) in [5.41, 5.74) is 0.929. The van der Waals surface area contributed by atoms with E-state index in [1.54, 1.807) is 31.2 Å². The fraction of sp³-hybridized carbons (Fsp3) is 0.333. The highest BCUT2D eigenvalue weighted by molar-refractivity contribution is 5.81. The molecule has 1 rings (SSSR count). The first-order valence-electron chi connectivity index (χ1n) is 6.25. The van der Waals surface area contributed by atoms with Crippen molar-refractivity contribution in [3.63, 3.8) is 0 Å². The third-order valence-corrected chi connectivity index (χ3v) is 2.38. The molecule has 0 aliphatic heterocycles. The molecule has 1 aromatic rings. The van der Waals surface area contributed by atoms with Gasteiger partial charge in [0, 0.05) is 13.0 Å². The Bertz CT molecular complexity index is 505. The first-order valence-corrected chi connectivity index (χ1v) is 6.25. The molecule has 0 amide bonds. The van der Waals surface area contributed by atoms with E-state index in [2.05, 4.69) is 0 Å². The third-order valence-electron chi connectivity index (χ3n) is 2.38. The van der Waals surface area contributed by atoms with Gasteiger partial charge in [0.05, 0.1) is 13.7 Å². The van der Waals surface area contributed by atoms with E-state index in [-0.39, 0.29) is 5.97 Å². The van der Waals surface area contributed by atoms with Gasteiger partial charge in [-0.2, -0.15) is 0 Å². The molecule has 0 saturated carbocycles. The van der Waals surface area contributed by atoms with Gasteiger partial charge in [-0.3, -0.25) is 4.79 Å². The molecular formula is C15H18O5. The Kier molecular flexibility index (Phi) is 6.29. The third kappa shape index (κ3) is 5.14. The maximum atomic E-state index is 11.1. The Morgan fingerprint density at radius 2 is 2.00 bits per heavy atom. The molecule has 20 heavy (non-hydrogen) atoms. The summed E-state index contributed by atoms with van der Waals surface area (Å²) in [6, 6.07) is 5.22. The molecule has 0 aliphatic carbocycles. The van der Waals surface area contributed by atoms with E-state index in [0.717, 1.165) is 5.56 Å². The van der Waals surface area contributed by atoms with Crippen LogP contribution >= 0.6 is 0 Å². The smallest absolute Gasteiger partial charge is 0.330 e. The maximum absolute atomic E-state index is 11.1. The second-order valence-electron chi connectivity index (χ2n) is 3.94. The van der Waals surface area contributed by atoms with E-state index in [1.807, 2.05) is 0 Å². The lowest BCUT2D eigenvalue weighted by atomic mass is 10.1. The monoisotopic (exact) mass is 278 g/mol. The molecular weight excluding hydrogens is 260 g/mol. The molecule has 0 unspecified atom stereocenters. The van der Waals surface area contributed by atoms with E-state index >= 15 is 0 Å². The van der Waals surface area contributed by atoms with Crippen molar-refractivity contribution in [2.45, 2.75) is 20.3 Å². The quantitative estimate of drug-likeness (QED) is 0.454. The molecule has 0 aromatic heterocycles. The number of carbonyl (C=O) groups excluding carboxylic acids is 2. The van der Waals surface area contributed by atoms with Crippen LogP contribution in [0.3, 0.4) is 0 Å². The largest absolute Gasteiger partial charge is 0.493 e. The number of allylic oxidation sites excluding steroid dienone is 1. The molecule has 1 aromatic carbocycles. The fourth-order valence-electron chi connectivity index (χ4n) is 1.56. The number of rotatable bonds is 6. The van der Waals surface area contributed by atoms with Crippen LogP contribution in [-0.2, 0) is 20.7 Å². The van der Waals surface area contributed by atoms with E-state index in [4.69, 9.17) is 14.2 Å². The van der Waals surface area contributed by atoms with Gasteiger partial charge in [-0.1, -0.05) is 12.1 Å². The van der Waals surface area contributed by atoms with Gasteiger partial charge in [0.2, 0.25) is 0 Å². The number of methoxy groups -OCH3 is 1. The first-order chi connectivity index (χ1) is 9.56. The van der Waals surface area contributed by atoms with Crippen molar-refractivity contribution >= 4 is 11.9 Å². The van der Waals surface area contributed by atoms with Gasteiger partial charge in [0.15, 0.2) is 11.5 Å². The number of ether oxygens (including phenoxy) is 3. The molecule has 0 heterocycles. The maximum Gasteiger partial charge on any atom is 0.330 e. The highest BCUT2D eigenvalue weighted by Gasteiger charge is 2.07. The molecule has 5 nitrogen and oxygen atoms in total. The summed E-state index contributed by atoms with van der Waals surface area (Å²) in [5, 5.41) is 0. The standard InChI is InChI=1S/C15H18O5/c1-4-19-15(17)7-5-6-12-8-9-13(20-11(2)16)14(10-12)18-3/h5,7-10H,4,6H2,1-3H3/b7-5+. The van der Waals surface area contributed by atoms with E-state index in [9.17, 15) is 9.59 Å². The number of esters is 2. The molecule has 0 saturated heterocycles. The van der Waals surface area contributed by atoms with Gasteiger partial charge in [0.1, 0.15) is 0 Å². The van der Waals surface area contributed by atoms with Crippen LogP contribution in [0.1, 0.15) is 19.4 Å². The summed E-state index contributed by atoms with van der Waals surface area (Å²) in [6.07, 6.45) is 3.64. The van der Waals surface area contributed by atoms with Crippen molar-refractivity contribution < 1.29 is 23.8 Å². The highest BCUT2D eigenvalue weighted by Crippen LogP contribution is 2.28. The fourth-order valence-corrected chi connectivity index (χ4v) is 1.56. The molecule has 0 N–H and O–H groups in total. The molecule has 0 fully saturated rings. The minimum Gasteiger partial charge on any atom is -0.493 e. The Morgan fingerprint density at radius 3 is 2.60 bits per heavy atom. The molecule has 108 valence electrons. The van der Waals surface area contributed by atoms with Crippen LogP contribution in [0.25, 0.3) is 0 Å². The van der Waals surface area contributed by atoms with Gasteiger partial charge >= 0.3 is 11.9 Å². The summed E-state index contributed by atoms with van der Waals surface area (Å²) in [6.45, 7) is 3.44. The van der Waals surface area contributed by atoms with Crippen molar-refractivity contribution in [2.75, 3.05) is 13.7 Å². The van der Waals surface area contributed by atoms with Crippen molar-refractivity contribution in [3.05, 3.63) is 35.9 Å². The van der Waals surface area contributed by atoms with E-state index in [0.29, 0.717) is 24.5 Å². The summed E-state index contributed by atoms with van der Waals surface area (Å²) in [4.78, 5) is 22.1. The lowest BCUT2D eigenvalue weighted by Gasteiger charge is -2.09. The summed E-state index contributed by atoms with van der Waals surface area (Å²) < 4.78 is 14.9. The Morgan fingerprint density at radius 1 is 1.25 bits per heavy atom. The van der Waals surface area contributed by atoms with Crippen molar-refractivity contribution in [2.24, 2.45) is 0 Å². The zero-order chi connectivity index (χ0) is 15.0. The van der Waals surface area contributed by atoms with E-state index < -0.39 is 5.97 Å². The molecule has 0 spiro atoms. The minimum absolute atomic E-state index is 0.355. The van der Waals surface area contributed by atoms with Crippen molar-refractivity contribution in [3.8, 4) is 11.5 Å². The summed E-state index contributed by atoms with van der Waals surface area (Å²) in [5.74, 6) is 0.0783. The normalized spacial score (nSPS) is 10.3. The van der Waals surface area contributed by atoms with Crippen molar-refractivity contribution in [1.82, 2.24) is 0 Å². The van der Waals surface area contributed by atoms with Gasteiger partial charge < -0.3 is 14.2 Å². The molecule has 5 heteroatoms. The SMILES string of the molecule is CCOC(=O)/C=C/Cc1ccc(OC(C)=O)c(OC)c1. The van der Waals surface area contributed by atoms with E-state index in [1.165, 1.54) is 20.1 Å². The minimum atomic E-state index is -0.404. The lowest BCUT2D eigenvalue weighted by molar-refractivity contribution is -0.137. The van der Waals surface area contributed by atoms with Crippen molar-refractivity contribution in [1.29, 1.82) is 0 Å². The van der Waals surface area contributed by atoms with Crippen LogP contribution in [0, 0.1) is 0 Å². The zero-order valence-corrected chi connectivity index (χ0v) is 11.8. The Labute approximate surface area is 118 Å². The van der Waals surface area contributed by atoms with Crippen LogP contribution in [0.4, 0.5) is 0 Å². The summed E-state index contributed by atoms with van der Waals surface area (Å²) in [7, 11) is 1.50. The number of hydrogen-bond donors (Lipinski definition) is 0. The second kappa shape index (κ2) is 7.99. The second-order valence-corrected chi connectivity index (χ2v) is 3.94. The lowest BCUT2D eigenvalue weighted by Crippen LogP contribution is -2.03. The van der Waals surface area contributed by atoms with Crippen LogP contribution in [0.2, 0.25) is 0 Å². The predicted molar refractivity (Wildman–Crippen MR) is 73.8 cm³/mol. The summed E-state index contributed by atoms with van der Waals surface area (Å²) >= 11 is 0. The molecule has 0 radical (unpaired) electrons. The van der Waals surface area contributed by atoms with Gasteiger partial charge in [0.25, 0.3) is 0 Å². The average Bonchev–Trinajstić information content (AvgIpc) is 2.40. The first kappa shape index (κ1) is 15.8. The predicted octanol–water partition coefficient (Wildman–Crippen LogP) is 2.28. The van der Waals surface area contributed by atoms with Gasteiger partial charge in [-0.15, -0.1) is 0 Å². The molecule has 0 atom stereocenters. The van der Waals surface area contributed by atoms with Crippen LogP contribution in [0.15, 0.2) is 30.4 Å². The average molecular weight is 278 g/mol. The number of carbonyl (C=O) groups is 2. The van der Waals surface area contributed by atoms with Gasteiger partial charge in [-0.05, 0) is 31.0 Å². The Hall–Kier alpha value is -2.30. The zero-order valence-electron chi connectivity index (χ0n) is 11.8. The van der Waals surface area contributed by atoms with Crippen LogP contribution in [-0.4, -0.2) is 25.7 Å². The molecule has 0 bridgehead atoms. The topological polar surface area (TPSA) is 61.8 Å². The number of hydrogen-bond acceptors (Lipinski definition) is 5. The van der Waals surface area contributed by atoms with Gasteiger partial charge in [-0.25, -0.2) is 4.79 Å². The van der Waals surface area contributed by atoms with Crippen LogP contribution in [0.5, 0.6) is 11.5 Å². The van der Waals surface area contributed by atoms with Crippen LogP contribution < -0.4 is 9.47 Å². The Balaban J connectivity index is 2.73. The highest BCUT2D eigenvalue weighted by atomic mass is 16.6. The number of benzene rings is 1.